The zero-order valence-corrected chi connectivity index (χ0v) is 9.29. The maximum absolute atomic E-state index is 10.7. The summed E-state index contributed by atoms with van der Waals surface area (Å²) in [5.74, 6) is 0.168. The van der Waals surface area contributed by atoms with Gasteiger partial charge in [0.05, 0.1) is 0 Å². The average Bonchev–Trinajstić information content (AvgIpc) is 2.16. The summed E-state index contributed by atoms with van der Waals surface area (Å²) in [6, 6.07) is 6.86. The molecule has 0 heterocycles. The van der Waals surface area contributed by atoms with Crippen LogP contribution in [0.5, 0.6) is 5.75 Å². The van der Waals surface area contributed by atoms with Gasteiger partial charge >= 0.3 is 5.97 Å². The van der Waals surface area contributed by atoms with E-state index in [0.717, 1.165) is 5.56 Å². The van der Waals surface area contributed by atoms with E-state index in [1.165, 1.54) is 6.92 Å². The molecule has 0 spiro atoms. The second kappa shape index (κ2) is 6.22. The highest BCUT2D eigenvalue weighted by Gasteiger charge is 2.03. The summed E-state index contributed by atoms with van der Waals surface area (Å²) >= 11 is 0. The van der Waals surface area contributed by atoms with Crippen LogP contribution in [0.2, 0.25) is 0 Å². The van der Waals surface area contributed by atoms with E-state index in [-0.39, 0.29) is 24.4 Å². The molecule has 0 radical (unpaired) electrons. The molecule has 82 valence electrons. The van der Waals surface area contributed by atoms with Crippen molar-refractivity contribution >= 4 is 18.4 Å². The van der Waals surface area contributed by atoms with Crippen LogP contribution >= 0.6 is 12.4 Å². The molecule has 3 nitrogen and oxygen atoms in total. The molecule has 15 heavy (non-hydrogen) atoms. The van der Waals surface area contributed by atoms with Crippen molar-refractivity contribution in [2.45, 2.75) is 13.0 Å². The molecule has 4 heteroatoms. The molecule has 1 rings (SSSR count). The zero-order valence-electron chi connectivity index (χ0n) is 8.47. The molecule has 1 aromatic carbocycles. The SMILES string of the molecule is C=C[C@H](N)c1cccc(OC(C)=O)c1.Cl. The maximum atomic E-state index is 10.7. The lowest BCUT2D eigenvalue weighted by Gasteiger charge is -2.08. The first kappa shape index (κ1) is 13.7. The number of hydrogen-bond donors (Lipinski definition) is 1. The molecular formula is C11H14ClNO2. The van der Waals surface area contributed by atoms with Gasteiger partial charge in [-0.25, -0.2) is 0 Å². The third-order valence-corrected chi connectivity index (χ3v) is 1.76. The standard InChI is InChI=1S/C11H13NO2.ClH/c1-3-11(12)9-5-4-6-10(7-9)14-8(2)13;/h3-7,11H,1,12H2,2H3;1H/t11-;/m0./s1. The summed E-state index contributed by atoms with van der Waals surface area (Å²) in [7, 11) is 0. The van der Waals surface area contributed by atoms with Gasteiger partial charge in [-0.1, -0.05) is 18.2 Å². The number of nitrogens with two attached hydrogens (primary N) is 1. The van der Waals surface area contributed by atoms with Crippen LogP contribution in [0.25, 0.3) is 0 Å². The van der Waals surface area contributed by atoms with Crippen LogP contribution in [-0.2, 0) is 4.79 Å². The zero-order chi connectivity index (χ0) is 10.6. The van der Waals surface area contributed by atoms with Crippen LogP contribution in [0.1, 0.15) is 18.5 Å². The van der Waals surface area contributed by atoms with Gasteiger partial charge < -0.3 is 10.5 Å². The summed E-state index contributed by atoms with van der Waals surface area (Å²) in [5, 5.41) is 0. The van der Waals surface area contributed by atoms with Crippen molar-refractivity contribution in [1.82, 2.24) is 0 Å². The van der Waals surface area contributed by atoms with Gasteiger partial charge in [0.2, 0.25) is 0 Å². The van der Waals surface area contributed by atoms with E-state index >= 15 is 0 Å². The molecule has 1 aromatic rings. The summed E-state index contributed by atoms with van der Waals surface area (Å²) in [6.45, 7) is 4.96. The van der Waals surface area contributed by atoms with E-state index in [1.54, 1.807) is 24.3 Å². The van der Waals surface area contributed by atoms with Crippen LogP contribution in [0, 0.1) is 0 Å². The number of esters is 1. The highest BCUT2D eigenvalue weighted by Crippen LogP contribution is 2.18. The first-order valence-corrected chi connectivity index (χ1v) is 4.30. The van der Waals surface area contributed by atoms with Gasteiger partial charge in [-0.05, 0) is 17.7 Å². The summed E-state index contributed by atoms with van der Waals surface area (Å²) in [4.78, 5) is 10.7. The third kappa shape index (κ3) is 4.14. The molecule has 0 amide bonds. The van der Waals surface area contributed by atoms with Crippen molar-refractivity contribution in [3.05, 3.63) is 42.5 Å². The molecule has 0 aliphatic carbocycles. The second-order valence-electron chi connectivity index (χ2n) is 2.93. The van der Waals surface area contributed by atoms with E-state index in [4.69, 9.17) is 10.5 Å². The number of hydrogen-bond acceptors (Lipinski definition) is 3. The number of benzene rings is 1. The van der Waals surface area contributed by atoms with E-state index in [9.17, 15) is 4.79 Å². The van der Waals surface area contributed by atoms with Crippen molar-refractivity contribution in [3.8, 4) is 5.75 Å². The van der Waals surface area contributed by atoms with Crippen molar-refractivity contribution in [2.24, 2.45) is 5.73 Å². The van der Waals surface area contributed by atoms with Crippen LogP contribution in [0.4, 0.5) is 0 Å². The minimum absolute atomic E-state index is 0. The quantitative estimate of drug-likeness (QED) is 0.489. The summed E-state index contributed by atoms with van der Waals surface area (Å²) < 4.78 is 4.92. The molecule has 0 aliphatic rings. The Labute approximate surface area is 95.3 Å². The molecule has 0 aromatic heterocycles. The predicted octanol–water partition coefficient (Wildman–Crippen LogP) is 2.22. The third-order valence-electron chi connectivity index (χ3n) is 1.76. The van der Waals surface area contributed by atoms with Gasteiger partial charge in [-0.15, -0.1) is 19.0 Å². The van der Waals surface area contributed by atoms with Crippen LogP contribution in [0.3, 0.4) is 0 Å². The molecule has 0 bridgehead atoms. The van der Waals surface area contributed by atoms with Gasteiger partial charge in [-0.2, -0.15) is 0 Å². The molecular weight excluding hydrogens is 214 g/mol. The topological polar surface area (TPSA) is 52.3 Å². The maximum Gasteiger partial charge on any atom is 0.308 e. The Kier molecular flexibility index (Phi) is 5.67. The predicted molar refractivity (Wildman–Crippen MR) is 62.1 cm³/mol. The van der Waals surface area contributed by atoms with E-state index in [0.29, 0.717) is 5.75 Å². The summed E-state index contributed by atoms with van der Waals surface area (Å²) in [5.41, 5.74) is 6.61. The first-order valence-electron chi connectivity index (χ1n) is 4.30. The molecule has 0 fully saturated rings. The smallest absolute Gasteiger partial charge is 0.308 e. The average molecular weight is 228 g/mol. The fourth-order valence-electron chi connectivity index (χ4n) is 1.09. The largest absolute Gasteiger partial charge is 0.427 e. The molecule has 0 unspecified atom stereocenters. The number of rotatable bonds is 3. The second-order valence-corrected chi connectivity index (χ2v) is 2.93. The number of halogens is 1. The lowest BCUT2D eigenvalue weighted by molar-refractivity contribution is -0.131. The molecule has 0 aliphatic heterocycles. The monoisotopic (exact) mass is 227 g/mol. The Morgan fingerprint density at radius 3 is 2.80 bits per heavy atom. The van der Waals surface area contributed by atoms with Gasteiger partial charge in [0.25, 0.3) is 0 Å². The molecule has 0 saturated carbocycles. The van der Waals surface area contributed by atoms with Crippen molar-refractivity contribution in [3.63, 3.8) is 0 Å². The Hall–Kier alpha value is -1.32. The van der Waals surface area contributed by atoms with E-state index < -0.39 is 0 Å². The van der Waals surface area contributed by atoms with Crippen LogP contribution < -0.4 is 10.5 Å². The minimum atomic E-state index is -0.339. The Balaban J connectivity index is 0.00000196. The molecule has 1 atom stereocenters. The normalized spacial score (nSPS) is 11.1. The van der Waals surface area contributed by atoms with Gasteiger partial charge in [0.15, 0.2) is 0 Å². The Bertz CT molecular complexity index is 352. The molecule has 2 N–H and O–H groups in total. The number of carbonyl (C=O) groups is 1. The van der Waals surface area contributed by atoms with Crippen LogP contribution in [-0.4, -0.2) is 5.97 Å². The van der Waals surface area contributed by atoms with Crippen molar-refractivity contribution < 1.29 is 9.53 Å². The minimum Gasteiger partial charge on any atom is -0.427 e. The number of ether oxygens (including phenoxy) is 1. The van der Waals surface area contributed by atoms with Crippen molar-refractivity contribution in [2.75, 3.05) is 0 Å². The summed E-state index contributed by atoms with van der Waals surface area (Å²) in [6.07, 6.45) is 1.63. The van der Waals surface area contributed by atoms with Gasteiger partial charge in [0, 0.05) is 13.0 Å². The number of carbonyl (C=O) groups excluding carboxylic acids is 1. The lowest BCUT2D eigenvalue weighted by Crippen LogP contribution is -2.07. The first-order chi connectivity index (χ1) is 6.63. The highest BCUT2D eigenvalue weighted by molar-refractivity contribution is 5.85. The van der Waals surface area contributed by atoms with E-state index in [2.05, 4.69) is 6.58 Å². The van der Waals surface area contributed by atoms with Crippen LogP contribution in [0.15, 0.2) is 36.9 Å². The highest BCUT2D eigenvalue weighted by atomic mass is 35.5. The fourth-order valence-corrected chi connectivity index (χ4v) is 1.09. The van der Waals surface area contributed by atoms with E-state index in [1.807, 2.05) is 6.07 Å². The molecule has 0 saturated heterocycles. The van der Waals surface area contributed by atoms with Gasteiger partial charge in [-0.3, -0.25) is 4.79 Å². The lowest BCUT2D eigenvalue weighted by atomic mass is 10.1. The van der Waals surface area contributed by atoms with Gasteiger partial charge in [0.1, 0.15) is 5.75 Å². The Morgan fingerprint density at radius 1 is 1.60 bits per heavy atom. The fraction of sp³-hybridized carbons (Fsp3) is 0.182. The van der Waals surface area contributed by atoms with Crippen molar-refractivity contribution in [1.29, 1.82) is 0 Å². The Morgan fingerprint density at radius 2 is 2.27 bits per heavy atom.